The highest BCUT2D eigenvalue weighted by atomic mass is 14.7. The number of nitrogens with one attached hydrogen (secondary N) is 1. The predicted molar refractivity (Wildman–Crippen MR) is 60.1 cm³/mol. The molecule has 1 aromatic heterocycles. The molecule has 2 aromatic rings. The van der Waals surface area contributed by atoms with Crippen LogP contribution in [-0.2, 0) is 0 Å². The van der Waals surface area contributed by atoms with Gasteiger partial charge in [-0.25, -0.2) is 0 Å². The molecule has 1 atom stereocenters. The molecule has 0 unspecified atom stereocenters. The molecule has 0 amide bonds. The van der Waals surface area contributed by atoms with Gasteiger partial charge in [0, 0.05) is 23.1 Å². The van der Waals surface area contributed by atoms with Crippen LogP contribution in [0.25, 0.3) is 10.9 Å². The van der Waals surface area contributed by atoms with E-state index in [9.17, 15) is 0 Å². The monoisotopic (exact) mass is 188 g/mol. The first-order chi connectivity index (χ1) is 6.70. The van der Waals surface area contributed by atoms with Gasteiger partial charge in [0.15, 0.2) is 0 Å². The molecule has 1 heterocycles. The summed E-state index contributed by atoms with van der Waals surface area (Å²) in [7, 11) is 0. The van der Waals surface area contributed by atoms with Crippen molar-refractivity contribution < 1.29 is 0 Å². The molecule has 74 valence electrons. The van der Waals surface area contributed by atoms with E-state index in [1.807, 2.05) is 6.20 Å². The maximum absolute atomic E-state index is 6.15. The lowest BCUT2D eigenvalue weighted by Gasteiger charge is -2.16. The van der Waals surface area contributed by atoms with Gasteiger partial charge >= 0.3 is 0 Å². The van der Waals surface area contributed by atoms with Crippen LogP contribution in [0.15, 0.2) is 30.5 Å². The van der Waals surface area contributed by atoms with Crippen LogP contribution in [0.1, 0.15) is 25.5 Å². The minimum Gasteiger partial charge on any atom is -0.361 e. The zero-order chi connectivity index (χ0) is 10.1. The summed E-state index contributed by atoms with van der Waals surface area (Å²) in [5, 5.41) is 1.24. The Kier molecular flexibility index (Phi) is 2.30. The summed E-state index contributed by atoms with van der Waals surface area (Å²) in [5.41, 5.74) is 8.55. The Morgan fingerprint density at radius 2 is 2.00 bits per heavy atom. The molecule has 0 saturated carbocycles. The van der Waals surface area contributed by atoms with E-state index in [1.165, 1.54) is 16.5 Å². The first kappa shape index (κ1) is 9.28. The number of fused-ring (bicyclic) bond motifs is 1. The van der Waals surface area contributed by atoms with Crippen LogP contribution in [0.2, 0.25) is 0 Å². The van der Waals surface area contributed by atoms with Crippen molar-refractivity contribution >= 4 is 10.9 Å². The lowest BCUT2D eigenvalue weighted by molar-refractivity contribution is 0.517. The lowest BCUT2D eigenvalue weighted by atomic mass is 9.94. The zero-order valence-electron chi connectivity index (χ0n) is 8.62. The highest BCUT2D eigenvalue weighted by Gasteiger charge is 2.13. The van der Waals surface area contributed by atoms with E-state index in [4.69, 9.17) is 5.73 Å². The van der Waals surface area contributed by atoms with Crippen LogP contribution < -0.4 is 5.73 Å². The second-order valence-electron chi connectivity index (χ2n) is 4.06. The molecule has 2 nitrogen and oxygen atoms in total. The van der Waals surface area contributed by atoms with Gasteiger partial charge in [0.05, 0.1) is 0 Å². The smallest absolute Gasteiger partial charge is 0.0457 e. The number of aromatic nitrogens is 1. The maximum atomic E-state index is 6.15. The fraction of sp³-hybridized carbons (Fsp3) is 0.333. The normalized spacial score (nSPS) is 13.7. The standard InChI is InChI=1S/C12H16N2/c1-8(2)12(13)10-4-3-5-11-9(10)6-7-14-11/h3-8,12,14H,13H2,1-2H3/t12-/m1/s1. The van der Waals surface area contributed by atoms with Gasteiger partial charge < -0.3 is 10.7 Å². The number of nitrogens with two attached hydrogens (primary N) is 1. The van der Waals surface area contributed by atoms with E-state index in [1.54, 1.807) is 0 Å². The summed E-state index contributed by atoms with van der Waals surface area (Å²) < 4.78 is 0. The number of hydrogen-bond donors (Lipinski definition) is 2. The Bertz CT molecular complexity index is 429. The van der Waals surface area contributed by atoms with Crippen LogP contribution in [0.5, 0.6) is 0 Å². The number of benzene rings is 1. The molecule has 0 aliphatic rings. The minimum absolute atomic E-state index is 0.120. The van der Waals surface area contributed by atoms with Crippen LogP contribution >= 0.6 is 0 Å². The number of H-pyrrole nitrogens is 1. The fourth-order valence-electron chi connectivity index (χ4n) is 1.76. The first-order valence-electron chi connectivity index (χ1n) is 5.01. The van der Waals surface area contributed by atoms with E-state index in [-0.39, 0.29) is 6.04 Å². The predicted octanol–water partition coefficient (Wildman–Crippen LogP) is 2.82. The molecule has 1 aromatic carbocycles. The third kappa shape index (κ3) is 1.42. The largest absolute Gasteiger partial charge is 0.361 e. The zero-order valence-corrected chi connectivity index (χ0v) is 8.62. The topological polar surface area (TPSA) is 41.8 Å². The van der Waals surface area contributed by atoms with Crippen molar-refractivity contribution in [2.75, 3.05) is 0 Å². The van der Waals surface area contributed by atoms with Crippen LogP contribution in [-0.4, -0.2) is 4.98 Å². The van der Waals surface area contributed by atoms with Crippen molar-refractivity contribution in [2.24, 2.45) is 11.7 Å². The van der Waals surface area contributed by atoms with Crippen LogP contribution in [0, 0.1) is 5.92 Å². The van der Waals surface area contributed by atoms with Gasteiger partial charge in [0.25, 0.3) is 0 Å². The Hall–Kier alpha value is -1.28. The fourth-order valence-corrected chi connectivity index (χ4v) is 1.76. The molecule has 14 heavy (non-hydrogen) atoms. The van der Waals surface area contributed by atoms with Gasteiger partial charge in [-0.05, 0) is 23.6 Å². The first-order valence-corrected chi connectivity index (χ1v) is 5.01. The molecule has 0 aliphatic carbocycles. The SMILES string of the molecule is CC(C)[C@@H](N)c1cccc2[nH]ccc12. The van der Waals surface area contributed by atoms with Crippen LogP contribution in [0.3, 0.4) is 0 Å². The van der Waals surface area contributed by atoms with Gasteiger partial charge in [-0.3, -0.25) is 0 Å². The summed E-state index contributed by atoms with van der Waals surface area (Å²) in [5.74, 6) is 0.468. The van der Waals surface area contributed by atoms with Gasteiger partial charge in [0.1, 0.15) is 0 Å². The van der Waals surface area contributed by atoms with E-state index < -0.39 is 0 Å². The molecule has 2 rings (SSSR count). The highest BCUT2D eigenvalue weighted by Crippen LogP contribution is 2.26. The Labute approximate surface area is 84.1 Å². The molecular formula is C12H16N2. The summed E-state index contributed by atoms with van der Waals surface area (Å²) >= 11 is 0. The summed E-state index contributed by atoms with van der Waals surface area (Å²) in [6.45, 7) is 4.30. The van der Waals surface area contributed by atoms with Crippen LogP contribution in [0.4, 0.5) is 0 Å². The second kappa shape index (κ2) is 3.46. The minimum atomic E-state index is 0.120. The van der Waals surface area contributed by atoms with Gasteiger partial charge in [-0.15, -0.1) is 0 Å². The van der Waals surface area contributed by atoms with E-state index >= 15 is 0 Å². The molecule has 0 spiro atoms. The average Bonchev–Trinajstić information content (AvgIpc) is 2.63. The summed E-state index contributed by atoms with van der Waals surface area (Å²) in [6.07, 6.45) is 1.96. The third-order valence-corrected chi connectivity index (χ3v) is 2.71. The quantitative estimate of drug-likeness (QED) is 0.747. The lowest BCUT2D eigenvalue weighted by Crippen LogP contribution is -2.16. The molecular weight excluding hydrogens is 172 g/mol. The Balaban J connectivity index is 2.56. The molecule has 0 aliphatic heterocycles. The van der Waals surface area contributed by atoms with Crippen molar-refractivity contribution in [1.29, 1.82) is 0 Å². The molecule has 0 fully saturated rings. The molecule has 0 radical (unpaired) electrons. The van der Waals surface area contributed by atoms with Crippen molar-refractivity contribution in [1.82, 2.24) is 4.98 Å². The average molecular weight is 188 g/mol. The molecule has 0 bridgehead atoms. The number of hydrogen-bond acceptors (Lipinski definition) is 1. The molecule has 3 N–H and O–H groups in total. The third-order valence-electron chi connectivity index (χ3n) is 2.71. The Morgan fingerprint density at radius 1 is 1.21 bits per heavy atom. The van der Waals surface area contributed by atoms with Crippen molar-refractivity contribution in [2.45, 2.75) is 19.9 Å². The highest BCUT2D eigenvalue weighted by molar-refractivity contribution is 5.83. The van der Waals surface area contributed by atoms with E-state index in [0.717, 1.165) is 0 Å². The van der Waals surface area contributed by atoms with E-state index in [0.29, 0.717) is 5.92 Å². The van der Waals surface area contributed by atoms with Gasteiger partial charge in [-0.2, -0.15) is 0 Å². The van der Waals surface area contributed by atoms with Crippen molar-refractivity contribution in [3.63, 3.8) is 0 Å². The van der Waals surface area contributed by atoms with Gasteiger partial charge in [-0.1, -0.05) is 26.0 Å². The number of rotatable bonds is 2. The van der Waals surface area contributed by atoms with E-state index in [2.05, 4.69) is 43.1 Å². The second-order valence-corrected chi connectivity index (χ2v) is 4.06. The summed E-state index contributed by atoms with van der Waals surface area (Å²) in [4.78, 5) is 3.20. The summed E-state index contributed by atoms with van der Waals surface area (Å²) in [6, 6.07) is 8.45. The van der Waals surface area contributed by atoms with Crippen molar-refractivity contribution in [3.8, 4) is 0 Å². The molecule has 2 heteroatoms. The number of aromatic amines is 1. The maximum Gasteiger partial charge on any atom is 0.0457 e. The van der Waals surface area contributed by atoms with Gasteiger partial charge in [0.2, 0.25) is 0 Å². The molecule has 0 saturated heterocycles. The Morgan fingerprint density at radius 3 is 2.71 bits per heavy atom. The van der Waals surface area contributed by atoms with Crippen molar-refractivity contribution in [3.05, 3.63) is 36.0 Å².